The van der Waals surface area contributed by atoms with Crippen LogP contribution in [0.2, 0.25) is 0 Å². The Bertz CT molecular complexity index is 911. The van der Waals surface area contributed by atoms with Crippen molar-refractivity contribution in [2.24, 2.45) is 0 Å². The van der Waals surface area contributed by atoms with Gasteiger partial charge in [-0.25, -0.2) is 19.6 Å². The number of imidazole rings is 1. The average molecular weight is 324 g/mol. The highest BCUT2D eigenvalue weighted by Crippen LogP contribution is 2.33. The van der Waals surface area contributed by atoms with Crippen molar-refractivity contribution >= 4 is 6.29 Å². The van der Waals surface area contributed by atoms with Gasteiger partial charge in [0.15, 0.2) is 12.1 Å². The first-order valence-electron chi connectivity index (χ1n) is 7.73. The third-order valence-electron chi connectivity index (χ3n) is 3.91. The number of carbonyl (C=O) groups is 1. The third-order valence-corrected chi connectivity index (χ3v) is 3.91. The van der Waals surface area contributed by atoms with Crippen molar-refractivity contribution in [2.45, 2.75) is 26.4 Å². The van der Waals surface area contributed by atoms with E-state index in [9.17, 15) is 4.79 Å². The van der Waals surface area contributed by atoms with Gasteiger partial charge in [-0.1, -0.05) is 0 Å². The predicted molar refractivity (Wildman–Crippen MR) is 85.7 cm³/mol. The van der Waals surface area contributed by atoms with Crippen LogP contribution in [0, 0.1) is 0 Å². The van der Waals surface area contributed by atoms with E-state index < -0.39 is 0 Å². The van der Waals surface area contributed by atoms with Crippen LogP contribution in [0.3, 0.4) is 0 Å². The summed E-state index contributed by atoms with van der Waals surface area (Å²) in [6.45, 7) is 5.26. The van der Waals surface area contributed by atoms with E-state index in [1.807, 2.05) is 29.3 Å². The van der Waals surface area contributed by atoms with Crippen molar-refractivity contribution in [3.05, 3.63) is 30.5 Å². The molecule has 122 valence electrons. The van der Waals surface area contributed by atoms with Crippen molar-refractivity contribution in [3.63, 3.8) is 0 Å². The van der Waals surface area contributed by atoms with Crippen LogP contribution in [-0.2, 0) is 6.54 Å². The standard InChI is InChI=1S/C16H16N6O2/c1-10(2)22-16(18-9-19-22)13-7-21-3-4-24-14-6-17-11(8-23)5-12(14)15(21)20-13/h5-10H,3-4H2,1-2H3. The van der Waals surface area contributed by atoms with E-state index in [1.54, 1.807) is 12.3 Å². The minimum absolute atomic E-state index is 0.186. The summed E-state index contributed by atoms with van der Waals surface area (Å²) in [4.78, 5) is 24.2. The van der Waals surface area contributed by atoms with E-state index in [0.29, 0.717) is 24.6 Å². The van der Waals surface area contributed by atoms with Gasteiger partial charge in [0.25, 0.3) is 0 Å². The molecule has 0 N–H and O–H groups in total. The Labute approximate surface area is 138 Å². The SMILES string of the molecule is CC(C)n1ncnc1-c1cn2c(n1)-c1cc(C=O)ncc1OCC2. The zero-order valence-electron chi connectivity index (χ0n) is 13.4. The maximum Gasteiger partial charge on any atom is 0.178 e. The third kappa shape index (κ3) is 2.27. The fraction of sp³-hybridized carbons (Fsp3) is 0.312. The summed E-state index contributed by atoms with van der Waals surface area (Å²) in [5.41, 5.74) is 1.85. The quantitative estimate of drug-likeness (QED) is 0.685. The van der Waals surface area contributed by atoms with E-state index in [4.69, 9.17) is 9.72 Å². The number of rotatable bonds is 3. The van der Waals surface area contributed by atoms with Crippen LogP contribution in [-0.4, -0.2) is 42.2 Å². The smallest absolute Gasteiger partial charge is 0.178 e. The first kappa shape index (κ1) is 14.6. The number of nitrogens with zero attached hydrogens (tertiary/aromatic N) is 6. The largest absolute Gasteiger partial charge is 0.489 e. The molecule has 0 aromatic carbocycles. The molecule has 0 unspecified atom stereocenters. The molecule has 0 saturated heterocycles. The van der Waals surface area contributed by atoms with E-state index in [-0.39, 0.29) is 6.04 Å². The van der Waals surface area contributed by atoms with Crippen LogP contribution in [0.1, 0.15) is 30.4 Å². The number of hydrogen-bond acceptors (Lipinski definition) is 6. The highest BCUT2D eigenvalue weighted by Gasteiger charge is 2.22. The monoisotopic (exact) mass is 324 g/mol. The number of hydrogen-bond donors (Lipinski definition) is 0. The van der Waals surface area contributed by atoms with Crippen LogP contribution in [0.5, 0.6) is 5.75 Å². The Morgan fingerprint density at radius 2 is 2.17 bits per heavy atom. The first-order chi connectivity index (χ1) is 11.7. The number of ether oxygens (including phenoxy) is 1. The molecule has 0 amide bonds. The minimum atomic E-state index is 0.186. The molecular formula is C16H16N6O2. The van der Waals surface area contributed by atoms with Gasteiger partial charge in [0, 0.05) is 12.2 Å². The van der Waals surface area contributed by atoms with Gasteiger partial charge in [-0.2, -0.15) is 5.10 Å². The van der Waals surface area contributed by atoms with Crippen molar-refractivity contribution in [1.82, 2.24) is 29.3 Å². The lowest BCUT2D eigenvalue weighted by atomic mass is 10.2. The molecular weight excluding hydrogens is 308 g/mol. The number of aldehydes is 1. The molecule has 3 aromatic heterocycles. The van der Waals surface area contributed by atoms with E-state index >= 15 is 0 Å². The summed E-state index contributed by atoms with van der Waals surface area (Å²) >= 11 is 0. The first-order valence-corrected chi connectivity index (χ1v) is 7.73. The van der Waals surface area contributed by atoms with Crippen molar-refractivity contribution < 1.29 is 9.53 Å². The van der Waals surface area contributed by atoms with Gasteiger partial charge >= 0.3 is 0 Å². The lowest BCUT2D eigenvalue weighted by Crippen LogP contribution is -2.06. The van der Waals surface area contributed by atoms with Crippen LogP contribution < -0.4 is 4.74 Å². The normalized spacial score (nSPS) is 13.1. The van der Waals surface area contributed by atoms with Crippen molar-refractivity contribution in [3.8, 4) is 28.7 Å². The van der Waals surface area contributed by atoms with Gasteiger partial charge < -0.3 is 9.30 Å². The topological polar surface area (TPSA) is 87.7 Å². The molecule has 0 atom stereocenters. The van der Waals surface area contributed by atoms with Crippen LogP contribution in [0.15, 0.2) is 24.8 Å². The maximum absolute atomic E-state index is 11.0. The van der Waals surface area contributed by atoms with Gasteiger partial charge in [-0.3, -0.25) is 4.79 Å². The molecule has 0 bridgehead atoms. The lowest BCUT2D eigenvalue weighted by Gasteiger charge is -2.07. The van der Waals surface area contributed by atoms with Gasteiger partial charge in [-0.05, 0) is 19.9 Å². The van der Waals surface area contributed by atoms with Crippen molar-refractivity contribution in [2.75, 3.05) is 6.61 Å². The number of pyridine rings is 1. The Kier molecular flexibility index (Phi) is 3.37. The zero-order valence-corrected chi connectivity index (χ0v) is 13.4. The summed E-state index contributed by atoms with van der Waals surface area (Å²) < 4.78 is 9.55. The molecule has 4 heterocycles. The fourth-order valence-electron chi connectivity index (χ4n) is 2.79. The molecule has 3 aromatic rings. The fourth-order valence-corrected chi connectivity index (χ4v) is 2.79. The number of aromatic nitrogens is 6. The predicted octanol–water partition coefficient (Wildman–Crippen LogP) is 1.99. The second-order valence-electron chi connectivity index (χ2n) is 5.84. The Morgan fingerprint density at radius 3 is 2.96 bits per heavy atom. The van der Waals surface area contributed by atoms with Crippen LogP contribution >= 0.6 is 0 Å². The lowest BCUT2D eigenvalue weighted by molar-refractivity contribution is 0.111. The average Bonchev–Trinajstić information content (AvgIpc) is 3.19. The molecule has 4 rings (SSSR count). The van der Waals surface area contributed by atoms with E-state index in [2.05, 4.69) is 15.1 Å². The summed E-state index contributed by atoms with van der Waals surface area (Å²) in [6.07, 6.45) is 5.76. The minimum Gasteiger partial charge on any atom is -0.489 e. The highest BCUT2D eigenvalue weighted by atomic mass is 16.5. The van der Waals surface area contributed by atoms with Gasteiger partial charge in [-0.15, -0.1) is 0 Å². The van der Waals surface area contributed by atoms with Crippen LogP contribution in [0.4, 0.5) is 0 Å². The second kappa shape index (κ2) is 5.55. The summed E-state index contributed by atoms with van der Waals surface area (Å²) in [5.74, 6) is 2.08. The van der Waals surface area contributed by atoms with E-state index in [0.717, 1.165) is 29.2 Å². The Morgan fingerprint density at radius 1 is 1.29 bits per heavy atom. The van der Waals surface area contributed by atoms with Gasteiger partial charge in [0.1, 0.15) is 35.9 Å². The molecule has 0 saturated carbocycles. The molecule has 0 fully saturated rings. The Balaban J connectivity index is 1.87. The maximum atomic E-state index is 11.0. The molecule has 0 aliphatic carbocycles. The molecule has 8 nitrogen and oxygen atoms in total. The van der Waals surface area contributed by atoms with Crippen LogP contribution in [0.25, 0.3) is 22.9 Å². The van der Waals surface area contributed by atoms with E-state index in [1.165, 1.54) is 6.33 Å². The summed E-state index contributed by atoms with van der Waals surface area (Å²) in [5, 5.41) is 4.26. The number of fused-ring (bicyclic) bond motifs is 3. The van der Waals surface area contributed by atoms with Gasteiger partial charge in [0.2, 0.25) is 0 Å². The molecule has 1 aliphatic rings. The molecule has 8 heteroatoms. The van der Waals surface area contributed by atoms with Gasteiger partial charge in [0.05, 0.1) is 18.3 Å². The molecule has 1 aliphatic heterocycles. The molecule has 24 heavy (non-hydrogen) atoms. The van der Waals surface area contributed by atoms with Crippen molar-refractivity contribution in [1.29, 1.82) is 0 Å². The zero-order chi connectivity index (χ0) is 16.7. The summed E-state index contributed by atoms with van der Waals surface area (Å²) in [7, 11) is 0. The second-order valence-corrected chi connectivity index (χ2v) is 5.84. The molecule has 0 spiro atoms. The Hall–Kier alpha value is -3.03. The highest BCUT2D eigenvalue weighted by molar-refractivity contribution is 5.77. The molecule has 0 radical (unpaired) electrons. The summed E-state index contributed by atoms with van der Waals surface area (Å²) in [6, 6.07) is 1.88. The number of carbonyl (C=O) groups excluding carboxylic acids is 1.